The van der Waals surface area contributed by atoms with Crippen LogP contribution in [0.5, 0.6) is 0 Å². The van der Waals surface area contributed by atoms with Gasteiger partial charge in [-0.2, -0.15) is 0 Å². The fourth-order valence-corrected chi connectivity index (χ4v) is 4.45. The first-order valence-electron chi connectivity index (χ1n) is 7.49. The Morgan fingerprint density at radius 1 is 1.30 bits per heavy atom. The molecule has 2 aliphatic heterocycles. The first kappa shape index (κ1) is 15.8. The van der Waals surface area contributed by atoms with Crippen LogP contribution in [0.3, 0.4) is 0 Å². The number of likely N-dealkylation sites (tertiary alicyclic amines) is 1. The molecule has 1 amide bonds. The molecule has 1 atom stereocenters. The van der Waals surface area contributed by atoms with Crippen molar-refractivity contribution in [2.45, 2.75) is 45.6 Å². The summed E-state index contributed by atoms with van der Waals surface area (Å²) in [6, 6.07) is -0.211. The number of nitrogens with one attached hydrogen (secondary N) is 1. The zero-order valence-corrected chi connectivity index (χ0v) is 13.3. The van der Waals surface area contributed by atoms with Gasteiger partial charge in [0, 0.05) is 32.1 Å². The Hall–Kier alpha value is -0.620. The van der Waals surface area contributed by atoms with Gasteiger partial charge in [0.05, 0.1) is 11.5 Å². The largest absolute Gasteiger partial charge is 0.343 e. The molecule has 0 saturated carbocycles. The highest BCUT2D eigenvalue weighted by molar-refractivity contribution is 7.91. The maximum atomic E-state index is 12.3. The number of nitrogens with zero attached hydrogens (tertiary/aromatic N) is 1. The number of hydrogen-bond donors (Lipinski definition) is 1. The van der Waals surface area contributed by atoms with E-state index in [1.807, 2.05) is 4.90 Å². The molecule has 2 rings (SSSR count). The summed E-state index contributed by atoms with van der Waals surface area (Å²) in [6.45, 7) is 6.56. The van der Waals surface area contributed by atoms with Crippen molar-refractivity contribution in [2.75, 3.05) is 31.1 Å². The molecule has 0 spiro atoms. The van der Waals surface area contributed by atoms with E-state index in [0.29, 0.717) is 18.4 Å². The average Bonchev–Trinajstić information content (AvgIpc) is 2.49. The Labute approximate surface area is 122 Å². The van der Waals surface area contributed by atoms with Gasteiger partial charge in [0.15, 0.2) is 9.84 Å². The van der Waals surface area contributed by atoms with Crippen LogP contribution < -0.4 is 5.32 Å². The molecule has 6 heteroatoms. The first-order valence-corrected chi connectivity index (χ1v) is 9.31. The van der Waals surface area contributed by atoms with Crippen LogP contribution in [0, 0.1) is 5.41 Å². The monoisotopic (exact) mass is 302 g/mol. The number of hydrogen-bond acceptors (Lipinski definition) is 4. The summed E-state index contributed by atoms with van der Waals surface area (Å²) in [7, 11) is -2.97. The van der Waals surface area contributed by atoms with Crippen molar-refractivity contribution in [1.29, 1.82) is 0 Å². The highest BCUT2D eigenvalue weighted by Gasteiger charge is 2.29. The Kier molecular flexibility index (Phi) is 4.74. The van der Waals surface area contributed by atoms with E-state index in [2.05, 4.69) is 19.2 Å². The number of carbonyl (C=O) groups excluding carboxylic acids is 1. The minimum atomic E-state index is -2.97. The van der Waals surface area contributed by atoms with E-state index in [4.69, 9.17) is 0 Å². The average molecular weight is 302 g/mol. The van der Waals surface area contributed by atoms with Crippen molar-refractivity contribution in [3.63, 3.8) is 0 Å². The Bertz CT molecular complexity index is 459. The van der Waals surface area contributed by atoms with Crippen LogP contribution in [0.4, 0.5) is 0 Å². The van der Waals surface area contributed by atoms with Gasteiger partial charge in [-0.3, -0.25) is 4.79 Å². The van der Waals surface area contributed by atoms with Crippen molar-refractivity contribution in [3.8, 4) is 0 Å². The van der Waals surface area contributed by atoms with Gasteiger partial charge in [0.2, 0.25) is 5.91 Å². The lowest BCUT2D eigenvalue weighted by molar-refractivity contribution is -0.131. The quantitative estimate of drug-likeness (QED) is 0.819. The summed E-state index contributed by atoms with van der Waals surface area (Å²) in [6.07, 6.45) is 3.51. The third kappa shape index (κ3) is 4.45. The van der Waals surface area contributed by atoms with Crippen LogP contribution in [0.2, 0.25) is 0 Å². The second-order valence-electron chi connectivity index (χ2n) is 6.87. The molecule has 2 aliphatic rings. The lowest BCUT2D eigenvalue weighted by atomic mass is 9.85. The molecule has 5 nitrogen and oxygen atoms in total. The fourth-order valence-electron chi connectivity index (χ4n) is 3.01. The molecule has 0 aromatic carbocycles. The maximum absolute atomic E-state index is 12.3. The number of amides is 1. The van der Waals surface area contributed by atoms with E-state index in [-0.39, 0.29) is 23.5 Å². The molecule has 1 unspecified atom stereocenters. The van der Waals surface area contributed by atoms with Gasteiger partial charge in [-0.05, 0) is 24.7 Å². The molecule has 116 valence electrons. The van der Waals surface area contributed by atoms with E-state index in [1.165, 1.54) is 0 Å². The molecule has 1 N–H and O–H groups in total. The van der Waals surface area contributed by atoms with Crippen LogP contribution >= 0.6 is 0 Å². The van der Waals surface area contributed by atoms with Crippen LogP contribution in [-0.4, -0.2) is 56.4 Å². The molecule has 2 saturated heterocycles. The van der Waals surface area contributed by atoms with Crippen LogP contribution in [0.1, 0.15) is 39.5 Å². The smallest absolute Gasteiger partial charge is 0.224 e. The van der Waals surface area contributed by atoms with E-state index in [0.717, 1.165) is 32.4 Å². The maximum Gasteiger partial charge on any atom is 0.224 e. The fraction of sp³-hybridized carbons (Fsp3) is 0.929. The minimum absolute atomic E-state index is 0.0947. The third-order valence-corrected chi connectivity index (χ3v) is 6.15. The molecule has 0 aromatic heterocycles. The number of carbonyl (C=O) groups is 1. The van der Waals surface area contributed by atoms with Crippen molar-refractivity contribution < 1.29 is 13.2 Å². The van der Waals surface area contributed by atoms with E-state index >= 15 is 0 Å². The number of sulfone groups is 1. The molecular formula is C14H26N2O3S. The molecule has 0 radical (unpaired) electrons. The van der Waals surface area contributed by atoms with Gasteiger partial charge in [-0.25, -0.2) is 8.42 Å². The van der Waals surface area contributed by atoms with Crippen LogP contribution in [0.15, 0.2) is 0 Å². The van der Waals surface area contributed by atoms with Crippen molar-refractivity contribution in [2.24, 2.45) is 5.41 Å². The van der Waals surface area contributed by atoms with E-state index < -0.39 is 9.84 Å². The predicted molar refractivity (Wildman–Crippen MR) is 79.3 cm³/mol. The molecular weight excluding hydrogens is 276 g/mol. The van der Waals surface area contributed by atoms with E-state index in [9.17, 15) is 13.2 Å². The lowest BCUT2D eigenvalue weighted by Crippen LogP contribution is -2.48. The standard InChI is InChI=1S/C14H26N2O3S/c1-14(2)4-3-7-16(8-5-14)13(17)10-12-11-20(18,19)9-6-15-12/h12,15H,3-11H2,1-2H3. The summed E-state index contributed by atoms with van der Waals surface area (Å²) in [5.74, 6) is 0.380. The van der Waals surface area contributed by atoms with Gasteiger partial charge in [-0.15, -0.1) is 0 Å². The normalized spacial score (nSPS) is 29.7. The zero-order chi connectivity index (χ0) is 14.8. The SMILES string of the molecule is CC1(C)CCCN(C(=O)CC2CS(=O)(=O)CCN2)CC1. The summed E-state index contributed by atoms with van der Waals surface area (Å²) in [5.41, 5.74) is 0.307. The van der Waals surface area contributed by atoms with Gasteiger partial charge >= 0.3 is 0 Å². The molecule has 0 bridgehead atoms. The van der Waals surface area contributed by atoms with Gasteiger partial charge in [-0.1, -0.05) is 13.8 Å². The molecule has 2 heterocycles. The number of rotatable bonds is 2. The summed E-state index contributed by atoms with van der Waals surface area (Å²) < 4.78 is 23.2. The Morgan fingerprint density at radius 2 is 2.05 bits per heavy atom. The van der Waals surface area contributed by atoms with Crippen LogP contribution in [0.25, 0.3) is 0 Å². The highest BCUT2D eigenvalue weighted by atomic mass is 32.2. The minimum Gasteiger partial charge on any atom is -0.343 e. The molecule has 20 heavy (non-hydrogen) atoms. The zero-order valence-electron chi connectivity index (χ0n) is 12.5. The van der Waals surface area contributed by atoms with Crippen molar-refractivity contribution >= 4 is 15.7 Å². The van der Waals surface area contributed by atoms with E-state index in [1.54, 1.807) is 0 Å². The van der Waals surface area contributed by atoms with Gasteiger partial charge in [0.25, 0.3) is 0 Å². The van der Waals surface area contributed by atoms with Crippen LogP contribution in [-0.2, 0) is 14.6 Å². The summed E-state index contributed by atoms with van der Waals surface area (Å²) in [5, 5.41) is 3.15. The highest BCUT2D eigenvalue weighted by Crippen LogP contribution is 2.30. The second-order valence-corrected chi connectivity index (χ2v) is 9.10. The van der Waals surface area contributed by atoms with Crippen molar-refractivity contribution in [3.05, 3.63) is 0 Å². The Balaban J connectivity index is 1.88. The lowest BCUT2D eigenvalue weighted by Gasteiger charge is -2.27. The van der Waals surface area contributed by atoms with Crippen molar-refractivity contribution in [1.82, 2.24) is 10.2 Å². The molecule has 0 aromatic rings. The van der Waals surface area contributed by atoms with Gasteiger partial charge < -0.3 is 10.2 Å². The molecule has 2 fully saturated rings. The summed E-state index contributed by atoms with van der Waals surface area (Å²) in [4.78, 5) is 14.2. The summed E-state index contributed by atoms with van der Waals surface area (Å²) >= 11 is 0. The Morgan fingerprint density at radius 3 is 2.75 bits per heavy atom. The third-order valence-electron chi connectivity index (χ3n) is 4.42. The predicted octanol–water partition coefficient (Wildman–Crippen LogP) is 0.802. The van der Waals surface area contributed by atoms with Gasteiger partial charge in [0.1, 0.15) is 0 Å². The second kappa shape index (κ2) is 6.02. The first-order chi connectivity index (χ1) is 9.27. The topological polar surface area (TPSA) is 66.5 Å². The molecule has 0 aliphatic carbocycles.